The zero-order valence-corrected chi connectivity index (χ0v) is 12.9. The zero-order chi connectivity index (χ0) is 16.0. The summed E-state index contributed by atoms with van der Waals surface area (Å²) in [7, 11) is 4.03. The SMILES string of the molecule is COC(=O)[C@@]1(C)C[C@H]2C(C(C)=O)=C[C@@H]1C(=O)C2(OC)OC. The molecule has 1 saturated carbocycles. The molecule has 0 aromatic heterocycles. The van der Waals surface area contributed by atoms with Gasteiger partial charge in [-0.3, -0.25) is 14.4 Å². The molecule has 116 valence electrons. The summed E-state index contributed by atoms with van der Waals surface area (Å²) in [5.74, 6) is -3.89. The van der Waals surface area contributed by atoms with Crippen molar-refractivity contribution in [2.75, 3.05) is 21.3 Å². The minimum Gasteiger partial charge on any atom is -0.469 e. The van der Waals surface area contributed by atoms with Gasteiger partial charge < -0.3 is 14.2 Å². The van der Waals surface area contributed by atoms with Gasteiger partial charge >= 0.3 is 5.97 Å². The number of carbonyl (C=O) groups excluding carboxylic acids is 3. The number of ether oxygens (including phenoxy) is 3. The molecule has 0 heterocycles. The van der Waals surface area contributed by atoms with Crippen molar-refractivity contribution in [3.63, 3.8) is 0 Å². The van der Waals surface area contributed by atoms with Gasteiger partial charge in [-0.2, -0.15) is 0 Å². The maximum Gasteiger partial charge on any atom is 0.312 e. The normalized spacial score (nSPS) is 33.6. The van der Waals surface area contributed by atoms with E-state index in [0.717, 1.165) is 0 Å². The Kier molecular flexibility index (Phi) is 3.80. The van der Waals surface area contributed by atoms with Crippen molar-refractivity contribution >= 4 is 17.5 Å². The van der Waals surface area contributed by atoms with Crippen molar-refractivity contribution in [3.05, 3.63) is 11.6 Å². The first-order chi connectivity index (χ1) is 9.78. The highest BCUT2D eigenvalue weighted by molar-refractivity contribution is 6.04. The molecule has 0 saturated heterocycles. The van der Waals surface area contributed by atoms with Crippen LogP contribution >= 0.6 is 0 Å². The number of ketones is 2. The van der Waals surface area contributed by atoms with E-state index >= 15 is 0 Å². The maximum atomic E-state index is 12.8. The molecule has 3 rings (SSSR count). The van der Waals surface area contributed by atoms with Gasteiger partial charge in [-0.1, -0.05) is 6.08 Å². The summed E-state index contributed by atoms with van der Waals surface area (Å²) in [5, 5.41) is 0. The molecule has 3 aliphatic carbocycles. The van der Waals surface area contributed by atoms with Crippen LogP contribution in [-0.2, 0) is 28.6 Å². The minimum atomic E-state index is -1.51. The molecule has 0 aromatic rings. The maximum absolute atomic E-state index is 12.8. The van der Waals surface area contributed by atoms with Crippen LogP contribution in [0.15, 0.2) is 11.6 Å². The second-order valence-corrected chi connectivity index (χ2v) is 5.76. The Hall–Kier alpha value is -1.53. The van der Waals surface area contributed by atoms with E-state index in [1.54, 1.807) is 13.0 Å². The smallest absolute Gasteiger partial charge is 0.312 e. The van der Waals surface area contributed by atoms with Crippen LogP contribution in [0, 0.1) is 17.3 Å². The lowest BCUT2D eigenvalue weighted by atomic mass is 9.54. The molecular weight excluding hydrogens is 276 g/mol. The molecule has 6 heteroatoms. The lowest BCUT2D eigenvalue weighted by Crippen LogP contribution is -2.65. The molecule has 0 spiro atoms. The van der Waals surface area contributed by atoms with Gasteiger partial charge in [-0.05, 0) is 20.3 Å². The van der Waals surface area contributed by atoms with Crippen LogP contribution in [0.2, 0.25) is 0 Å². The first kappa shape index (κ1) is 15.9. The number of fused-ring (bicyclic) bond motifs is 2. The first-order valence-corrected chi connectivity index (χ1v) is 6.74. The third kappa shape index (κ3) is 1.89. The Labute approximate surface area is 123 Å². The van der Waals surface area contributed by atoms with E-state index in [0.29, 0.717) is 5.57 Å². The van der Waals surface area contributed by atoms with E-state index in [4.69, 9.17) is 14.2 Å². The summed E-state index contributed by atoms with van der Waals surface area (Å²) < 4.78 is 15.5. The molecule has 3 atom stereocenters. The fraction of sp³-hybridized carbons (Fsp3) is 0.667. The number of rotatable bonds is 4. The zero-order valence-electron chi connectivity index (χ0n) is 12.9. The molecular formula is C15H20O6. The number of hydrogen-bond acceptors (Lipinski definition) is 6. The van der Waals surface area contributed by atoms with Gasteiger partial charge in [0, 0.05) is 19.8 Å². The quantitative estimate of drug-likeness (QED) is 0.566. The number of esters is 1. The van der Waals surface area contributed by atoms with Crippen LogP contribution in [0.4, 0.5) is 0 Å². The third-order valence-corrected chi connectivity index (χ3v) is 4.79. The van der Waals surface area contributed by atoms with E-state index in [1.807, 2.05) is 0 Å². The van der Waals surface area contributed by atoms with Gasteiger partial charge in [0.15, 0.2) is 5.78 Å². The number of hydrogen-bond donors (Lipinski definition) is 0. The predicted octanol–water partition coefficient (Wildman–Crippen LogP) is 0.889. The Morgan fingerprint density at radius 2 is 1.81 bits per heavy atom. The Morgan fingerprint density at radius 3 is 2.24 bits per heavy atom. The van der Waals surface area contributed by atoms with Crippen molar-refractivity contribution < 1.29 is 28.6 Å². The van der Waals surface area contributed by atoms with E-state index in [9.17, 15) is 14.4 Å². The van der Waals surface area contributed by atoms with Crippen molar-refractivity contribution in [1.82, 2.24) is 0 Å². The number of carbonyl (C=O) groups is 3. The van der Waals surface area contributed by atoms with Gasteiger partial charge in [-0.15, -0.1) is 0 Å². The molecule has 0 unspecified atom stereocenters. The molecule has 1 fully saturated rings. The number of methoxy groups -OCH3 is 3. The number of Topliss-reactive ketones (excluding diaryl/α,β-unsaturated/α-hetero) is 2. The lowest BCUT2D eigenvalue weighted by molar-refractivity contribution is -0.248. The molecule has 2 bridgehead atoms. The van der Waals surface area contributed by atoms with Gasteiger partial charge in [-0.25, -0.2) is 0 Å². The van der Waals surface area contributed by atoms with E-state index in [1.165, 1.54) is 28.3 Å². The van der Waals surface area contributed by atoms with E-state index < -0.39 is 29.0 Å². The predicted molar refractivity (Wildman–Crippen MR) is 72.2 cm³/mol. The molecule has 0 amide bonds. The highest BCUT2D eigenvalue weighted by Crippen LogP contribution is 2.55. The van der Waals surface area contributed by atoms with Crippen LogP contribution in [0.3, 0.4) is 0 Å². The largest absolute Gasteiger partial charge is 0.469 e. The average molecular weight is 296 g/mol. The monoisotopic (exact) mass is 296 g/mol. The lowest BCUT2D eigenvalue weighted by Gasteiger charge is -2.53. The van der Waals surface area contributed by atoms with Crippen LogP contribution in [-0.4, -0.2) is 44.7 Å². The fourth-order valence-corrected chi connectivity index (χ4v) is 3.61. The fourth-order valence-electron chi connectivity index (χ4n) is 3.61. The van der Waals surface area contributed by atoms with Crippen molar-refractivity contribution in [3.8, 4) is 0 Å². The summed E-state index contributed by atoms with van der Waals surface area (Å²) in [4.78, 5) is 36.7. The summed E-state index contributed by atoms with van der Waals surface area (Å²) >= 11 is 0. The Balaban J connectivity index is 2.61. The van der Waals surface area contributed by atoms with Crippen molar-refractivity contribution in [2.45, 2.75) is 26.1 Å². The van der Waals surface area contributed by atoms with E-state index in [2.05, 4.69) is 0 Å². The van der Waals surface area contributed by atoms with Crippen LogP contribution in [0.1, 0.15) is 20.3 Å². The second kappa shape index (κ2) is 5.03. The molecule has 3 aliphatic rings. The summed E-state index contributed by atoms with van der Waals surface area (Å²) in [6, 6.07) is 0. The molecule has 0 aliphatic heterocycles. The average Bonchev–Trinajstić information content (AvgIpc) is 2.47. The van der Waals surface area contributed by atoms with Gasteiger partial charge in [0.05, 0.1) is 24.4 Å². The standard InChI is InChI=1S/C15H20O6/c1-8(16)9-6-10-12(17)15(20-4,21-5)11(9)7-14(10,2)13(18)19-3/h6,10-11H,7H2,1-5H3/t10-,11+,14+/m1/s1. The van der Waals surface area contributed by atoms with Gasteiger partial charge in [0.2, 0.25) is 11.6 Å². The summed E-state index contributed by atoms with van der Waals surface area (Å²) in [6.45, 7) is 3.11. The van der Waals surface area contributed by atoms with Crippen LogP contribution in [0.25, 0.3) is 0 Å². The Bertz CT molecular complexity index is 530. The van der Waals surface area contributed by atoms with Crippen LogP contribution < -0.4 is 0 Å². The first-order valence-electron chi connectivity index (χ1n) is 6.74. The highest BCUT2D eigenvalue weighted by atomic mass is 16.7. The molecule has 0 N–H and O–H groups in total. The van der Waals surface area contributed by atoms with E-state index in [-0.39, 0.29) is 18.0 Å². The third-order valence-electron chi connectivity index (χ3n) is 4.79. The Morgan fingerprint density at radius 1 is 1.24 bits per heavy atom. The van der Waals surface area contributed by atoms with Crippen molar-refractivity contribution in [1.29, 1.82) is 0 Å². The van der Waals surface area contributed by atoms with Crippen LogP contribution in [0.5, 0.6) is 0 Å². The van der Waals surface area contributed by atoms with Gasteiger partial charge in [0.1, 0.15) is 0 Å². The molecule has 21 heavy (non-hydrogen) atoms. The number of allylic oxidation sites excluding steroid dienone is 1. The second-order valence-electron chi connectivity index (χ2n) is 5.76. The molecule has 6 nitrogen and oxygen atoms in total. The summed E-state index contributed by atoms with van der Waals surface area (Å²) in [5.41, 5.74) is -0.527. The topological polar surface area (TPSA) is 78.9 Å². The van der Waals surface area contributed by atoms with Crippen molar-refractivity contribution in [2.24, 2.45) is 17.3 Å². The highest BCUT2D eigenvalue weighted by Gasteiger charge is 2.66. The summed E-state index contributed by atoms with van der Waals surface area (Å²) in [6.07, 6.45) is 1.84. The molecule has 0 radical (unpaired) electrons. The minimum absolute atomic E-state index is 0.150. The van der Waals surface area contributed by atoms with Gasteiger partial charge in [0.25, 0.3) is 0 Å². The molecule has 0 aromatic carbocycles.